The second kappa shape index (κ2) is 3.81. The van der Waals surface area contributed by atoms with Crippen molar-refractivity contribution in [3.05, 3.63) is 28.2 Å². The molecular formula is C8H5N5S. The molecule has 0 amide bonds. The second-order valence-corrected chi connectivity index (χ2v) is 3.40. The monoisotopic (exact) mass is 203 g/mol. The smallest absolute Gasteiger partial charge is 0.192 e. The van der Waals surface area contributed by atoms with Gasteiger partial charge in [0.05, 0.1) is 0 Å². The molecule has 0 fully saturated rings. The van der Waals surface area contributed by atoms with E-state index in [4.69, 9.17) is 5.26 Å². The highest BCUT2D eigenvalue weighted by molar-refractivity contribution is 7.10. The summed E-state index contributed by atoms with van der Waals surface area (Å²) in [7, 11) is 0. The number of rotatable bonds is 2. The zero-order chi connectivity index (χ0) is 9.80. The van der Waals surface area contributed by atoms with Crippen molar-refractivity contribution in [2.75, 3.05) is 0 Å². The lowest BCUT2D eigenvalue weighted by molar-refractivity contribution is 0.881. The highest BCUT2D eigenvalue weighted by Gasteiger charge is 2.05. The molecule has 1 N–H and O–H groups in total. The summed E-state index contributed by atoms with van der Waals surface area (Å²) >= 11 is 1.55. The Labute approximate surface area is 83.7 Å². The highest BCUT2D eigenvalue weighted by Crippen LogP contribution is 2.16. The van der Waals surface area contributed by atoms with Crippen molar-refractivity contribution < 1.29 is 0 Å². The van der Waals surface area contributed by atoms with Crippen LogP contribution in [0.25, 0.3) is 11.6 Å². The number of allylic oxidation sites excluding steroid dienone is 1. The fraction of sp³-hybridized carbons (Fsp3) is 0. The van der Waals surface area contributed by atoms with Crippen LogP contribution in [-0.4, -0.2) is 20.6 Å². The maximum atomic E-state index is 8.86. The van der Waals surface area contributed by atoms with Crippen LogP contribution in [-0.2, 0) is 0 Å². The summed E-state index contributed by atoms with van der Waals surface area (Å²) in [6.07, 6.45) is 1.73. The summed E-state index contributed by atoms with van der Waals surface area (Å²) in [4.78, 5) is 0.992. The van der Waals surface area contributed by atoms with Crippen molar-refractivity contribution in [2.24, 2.45) is 0 Å². The van der Waals surface area contributed by atoms with E-state index >= 15 is 0 Å². The Kier molecular flexibility index (Phi) is 2.34. The lowest BCUT2D eigenvalue weighted by Crippen LogP contribution is -1.84. The molecule has 0 radical (unpaired) electrons. The van der Waals surface area contributed by atoms with Crippen LogP contribution in [0.1, 0.15) is 10.7 Å². The topological polar surface area (TPSA) is 78.2 Å². The summed E-state index contributed by atoms with van der Waals surface area (Å²) < 4.78 is 0. The molecule has 2 aromatic rings. The molecule has 0 aliphatic carbocycles. The number of hydrogen-bond acceptors (Lipinski definition) is 5. The van der Waals surface area contributed by atoms with Crippen LogP contribution < -0.4 is 0 Å². The van der Waals surface area contributed by atoms with Gasteiger partial charge in [0.25, 0.3) is 0 Å². The van der Waals surface area contributed by atoms with E-state index in [0.29, 0.717) is 11.4 Å². The van der Waals surface area contributed by atoms with Gasteiger partial charge < -0.3 is 0 Å². The van der Waals surface area contributed by atoms with Crippen LogP contribution in [0.5, 0.6) is 0 Å². The molecular weight excluding hydrogens is 198 g/mol. The van der Waals surface area contributed by atoms with Gasteiger partial charge in [-0.1, -0.05) is 6.07 Å². The number of thiophene rings is 1. The van der Waals surface area contributed by atoms with Crippen LogP contribution in [0.4, 0.5) is 0 Å². The number of nitrogens with zero attached hydrogens (tertiary/aromatic N) is 4. The number of aromatic amines is 1. The average molecular weight is 203 g/mol. The van der Waals surface area contributed by atoms with Gasteiger partial charge in [0.15, 0.2) is 0 Å². The largest absolute Gasteiger partial charge is 0.215 e. The second-order valence-electron chi connectivity index (χ2n) is 2.42. The molecule has 68 valence electrons. The minimum Gasteiger partial charge on any atom is -0.192 e. The minimum atomic E-state index is 0.320. The molecule has 0 aromatic carbocycles. The van der Waals surface area contributed by atoms with Crippen LogP contribution in [0.3, 0.4) is 0 Å². The fourth-order valence-electron chi connectivity index (χ4n) is 0.938. The molecule has 5 nitrogen and oxygen atoms in total. The van der Waals surface area contributed by atoms with Gasteiger partial charge in [-0.15, -0.1) is 21.5 Å². The fourth-order valence-corrected chi connectivity index (χ4v) is 1.60. The average Bonchev–Trinajstić information content (AvgIpc) is 2.86. The molecule has 0 aliphatic rings. The number of aromatic nitrogens is 4. The zero-order valence-corrected chi connectivity index (χ0v) is 7.82. The molecule has 0 spiro atoms. The highest BCUT2D eigenvalue weighted by atomic mass is 32.1. The molecule has 0 atom stereocenters. The third-order valence-electron chi connectivity index (χ3n) is 1.54. The van der Waals surface area contributed by atoms with Crippen LogP contribution in [0.2, 0.25) is 0 Å². The SMILES string of the molecule is N#C/C(=C\c1cccs1)c1nn[nH]n1. The number of nitriles is 1. The quantitative estimate of drug-likeness (QED) is 0.747. The Morgan fingerprint density at radius 1 is 1.64 bits per heavy atom. The van der Waals surface area contributed by atoms with Crippen molar-refractivity contribution in [2.45, 2.75) is 0 Å². The summed E-state index contributed by atoms with van der Waals surface area (Å²) in [6, 6.07) is 5.86. The van der Waals surface area contributed by atoms with Gasteiger partial charge in [0, 0.05) is 4.88 Å². The van der Waals surface area contributed by atoms with E-state index in [9.17, 15) is 0 Å². The number of nitrogens with one attached hydrogen (secondary N) is 1. The van der Waals surface area contributed by atoms with Crippen molar-refractivity contribution >= 4 is 23.0 Å². The Morgan fingerprint density at radius 2 is 2.57 bits per heavy atom. The van der Waals surface area contributed by atoms with E-state index in [1.807, 2.05) is 23.6 Å². The van der Waals surface area contributed by atoms with Crippen molar-refractivity contribution in [3.8, 4) is 6.07 Å². The zero-order valence-electron chi connectivity index (χ0n) is 7.01. The van der Waals surface area contributed by atoms with Crippen molar-refractivity contribution in [1.29, 1.82) is 5.26 Å². The van der Waals surface area contributed by atoms with Crippen molar-refractivity contribution in [1.82, 2.24) is 20.6 Å². The molecule has 0 saturated carbocycles. The molecule has 2 heterocycles. The first kappa shape index (κ1) is 8.59. The van der Waals surface area contributed by atoms with Gasteiger partial charge in [0.1, 0.15) is 11.6 Å². The molecule has 2 aromatic heterocycles. The summed E-state index contributed by atoms with van der Waals surface area (Å²) in [6.45, 7) is 0. The molecule has 0 bridgehead atoms. The van der Waals surface area contributed by atoms with Crippen LogP contribution in [0.15, 0.2) is 17.5 Å². The third-order valence-corrected chi connectivity index (χ3v) is 2.36. The van der Waals surface area contributed by atoms with Gasteiger partial charge in [-0.05, 0) is 22.7 Å². The number of H-pyrrole nitrogens is 1. The summed E-state index contributed by atoms with van der Waals surface area (Å²) in [5.74, 6) is 0.320. The van der Waals surface area contributed by atoms with Crippen LogP contribution >= 0.6 is 11.3 Å². The first-order valence-corrected chi connectivity index (χ1v) is 4.67. The van der Waals surface area contributed by atoms with E-state index in [1.165, 1.54) is 0 Å². The van der Waals surface area contributed by atoms with E-state index in [1.54, 1.807) is 17.4 Å². The molecule has 0 unspecified atom stereocenters. The van der Waals surface area contributed by atoms with Gasteiger partial charge >= 0.3 is 0 Å². The van der Waals surface area contributed by atoms with Gasteiger partial charge in [-0.25, -0.2) is 0 Å². The first-order valence-electron chi connectivity index (χ1n) is 3.79. The predicted molar refractivity (Wildman–Crippen MR) is 52.0 cm³/mol. The predicted octanol–water partition coefficient (Wildman–Crippen LogP) is 1.33. The third kappa shape index (κ3) is 1.67. The van der Waals surface area contributed by atoms with Crippen molar-refractivity contribution in [3.63, 3.8) is 0 Å². The van der Waals surface area contributed by atoms with Crippen LogP contribution in [0, 0.1) is 11.3 Å². The van der Waals surface area contributed by atoms with Gasteiger partial charge in [0.2, 0.25) is 5.82 Å². The lowest BCUT2D eigenvalue weighted by atomic mass is 10.2. The van der Waals surface area contributed by atoms with E-state index < -0.39 is 0 Å². The Bertz CT molecular complexity index is 462. The number of hydrogen-bond donors (Lipinski definition) is 1. The molecule has 0 aliphatic heterocycles. The summed E-state index contributed by atoms with van der Waals surface area (Å²) in [5.41, 5.74) is 0.404. The van der Waals surface area contributed by atoms with E-state index in [2.05, 4.69) is 20.6 Å². The minimum absolute atomic E-state index is 0.320. The Balaban J connectivity index is 2.37. The molecule has 14 heavy (non-hydrogen) atoms. The van der Waals surface area contributed by atoms with Gasteiger partial charge in [-0.3, -0.25) is 0 Å². The normalized spacial score (nSPS) is 11.2. The standard InChI is InChI=1S/C8H5N5S/c9-5-6(8-10-12-13-11-8)4-7-2-1-3-14-7/h1-4H,(H,10,11,12,13)/b6-4+. The maximum absolute atomic E-state index is 8.86. The van der Waals surface area contributed by atoms with Gasteiger partial charge in [-0.2, -0.15) is 10.5 Å². The lowest BCUT2D eigenvalue weighted by Gasteiger charge is -1.87. The first-order chi connectivity index (χ1) is 6.90. The summed E-state index contributed by atoms with van der Waals surface area (Å²) in [5, 5.41) is 24.0. The van der Waals surface area contributed by atoms with E-state index in [-0.39, 0.29) is 0 Å². The maximum Gasteiger partial charge on any atom is 0.215 e. The Morgan fingerprint density at radius 3 is 3.14 bits per heavy atom. The Hall–Kier alpha value is -2.00. The molecule has 6 heteroatoms. The van der Waals surface area contributed by atoms with E-state index in [0.717, 1.165) is 4.88 Å². The number of tetrazole rings is 1. The molecule has 0 saturated heterocycles. The molecule has 2 rings (SSSR count).